The van der Waals surface area contributed by atoms with Crippen LogP contribution in [-0.2, 0) is 6.54 Å². The first-order valence-electron chi connectivity index (χ1n) is 7.02. The highest BCUT2D eigenvalue weighted by Crippen LogP contribution is 2.24. The third-order valence-electron chi connectivity index (χ3n) is 3.28. The molecule has 0 aromatic heterocycles. The third-order valence-corrected chi connectivity index (χ3v) is 3.78. The molecule has 0 spiro atoms. The lowest BCUT2D eigenvalue weighted by atomic mass is 10.2. The van der Waals surface area contributed by atoms with E-state index in [0.717, 1.165) is 10.0 Å². The largest absolute Gasteiger partial charge is 0.497 e. The molecule has 0 aliphatic carbocycles. The number of nitrogens with zero attached hydrogens (tertiary/aromatic N) is 1. The van der Waals surface area contributed by atoms with E-state index in [4.69, 9.17) is 14.7 Å². The van der Waals surface area contributed by atoms with E-state index >= 15 is 0 Å². The van der Waals surface area contributed by atoms with Gasteiger partial charge in [-0.15, -0.1) is 0 Å². The Morgan fingerprint density at radius 2 is 2.00 bits per heavy atom. The number of ether oxygens (including phenoxy) is 2. The Morgan fingerprint density at radius 1 is 1.21 bits per heavy atom. The van der Waals surface area contributed by atoms with Gasteiger partial charge in [-0.1, -0.05) is 15.9 Å². The van der Waals surface area contributed by atoms with Crippen LogP contribution < -0.4 is 20.1 Å². The fourth-order valence-electron chi connectivity index (χ4n) is 2.06. The van der Waals surface area contributed by atoms with Gasteiger partial charge in [0.1, 0.15) is 17.6 Å². The Labute approximate surface area is 148 Å². The molecule has 2 rings (SSSR count). The van der Waals surface area contributed by atoms with Gasteiger partial charge in [-0.3, -0.25) is 0 Å². The number of carbonyl (C=O) groups excluding carboxylic acids is 1. The molecule has 0 aliphatic heterocycles. The molecule has 0 fully saturated rings. The van der Waals surface area contributed by atoms with E-state index in [1.165, 1.54) is 0 Å². The van der Waals surface area contributed by atoms with Gasteiger partial charge in [0.05, 0.1) is 25.5 Å². The number of urea groups is 1. The van der Waals surface area contributed by atoms with Gasteiger partial charge in [0.2, 0.25) is 0 Å². The average Bonchev–Trinajstić information content (AvgIpc) is 2.60. The van der Waals surface area contributed by atoms with Crippen molar-refractivity contribution in [1.82, 2.24) is 5.32 Å². The topological polar surface area (TPSA) is 83.4 Å². The van der Waals surface area contributed by atoms with Gasteiger partial charge in [0, 0.05) is 22.6 Å². The summed E-state index contributed by atoms with van der Waals surface area (Å²) < 4.78 is 11.2. The van der Waals surface area contributed by atoms with Crippen LogP contribution in [0.1, 0.15) is 11.1 Å². The van der Waals surface area contributed by atoms with E-state index in [-0.39, 0.29) is 6.54 Å². The van der Waals surface area contributed by atoms with Gasteiger partial charge in [-0.2, -0.15) is 5.26 Å². The molecule has 7 heteroatoms. The molecule has 2 amide bonds. The second-order valence-electron chi connectivity index (χ2n) is 4.79. The van der Waals surface area contributed by atoms with Crippen LogP contribution in [0.2, 0.25) is 0 Å². The lowest BCUT2D eigenvalue weighted by Gasteiger charge is -2.12. The molecule has 24 heavy (non-hydrogen) atoms. The Kier molecular flexibility index (Phi) is 6.04. The maximum Gasteiger partial charge on any atom is 0.319 e. The minimum Gasteiger partial charge on any atom is -0.497 e. The van der Waals surface area contributed by atoms with Crippen LogP contribution in [0.5, 0.6) is 11.5 Å². The van der Waals surface area contributed by atoms with E-state index in [2.05, 4.69) is 26.6 Å². The van der Waals surface area contributed by atoms with Crippen molar-refractivity contribution in [2.45, 2.75) is 6.54 Å². The summed E-state index contributed by atoms with van der Waals surface area (Å²) in [5.74, 6) is 1.29. The van der Waals surface area contributed by atoms with Crippen LogP contribution >= 0.6 is 15.9 Å². The van der Waals surface area contributed by atoms with Gasteiger partial charge >= 0.3 is 6.03 Å². The molecule has 0 radical (unpaired) electrons. The van der Waals surface area contributed by atoms with Crippen molar-refractivity contribution < 1.29 is 14.3 Å². The zero-order valence-corrected chi connectivity index (χ0v) is 14.8. The van der Waals surface area contributed by atoms with E-state index in [1.54, 1.807) is 44.6 Å². The van der Waals surface area contributed by atoms with Crippen LogP contribution in [0.3, 0.4) is 0 Å². The van der Waals surface area contributed by atoms with Crippen molar-refractivity contribution in [2.75, 3.05) is 19.5 Å². The number of amides is 2. The molecule has 0 atom stereocenters. The maximum atomic E-state index is 12.1. The summed E-state index contributed by atoms with van der Waals surface area (Å²) in [7, 11) is 3.13. The number of benzene rings is 2. The molecule has 0 heterocycles. The minimum atomic E-state index is -0.414. The van der Waals surface area contributed by atoms with E-state index in [1.807, 2.05) is 12.1 Å². The number of methoxy groups -OCH3 is 2. The van der Waals surface area contributed by atoms with Crippen molar-refractivity contribution in [2.24, 2.45) is 0 Å². The van der Waals surface area contributed by atoms with Crippen LogP contribution in [0.25, 0.3) is 0 Å². The smallest absolute Gasteiger partial charge is 0.319 e. The standard InChI is InChI=1S/C17H16BrN3O3/c1-23-14-6-4-12(16(8-14)24-2)10-20-17(22)21-15-7-13(18)5-3-11(15)9-19/h3-8H,10H2,1-2H3,(H2,20,21,22). The lowest BCUT2D eigenvalue weighted by molar-refractivity contribution is 0.251. The molecule has 2 N–H and O–H groups in total. The summed E-state index contributed by atoms with van der Waals surface area (Å²) in [5.41, 5.74) is 1.63. The van der Waals surface area contributed by atoms with Gasteiger partial charge in [-0.05, 0) is 30.3 Å². The summed E-state index contributed by atoms with van der Waals surface area (Å²) in [4.78, 5) is 12.1. The SMILES string of the molecule is COc1ccc(CNC(=O)Nc2cc(Br)ccc2C#N)c(OC)c1. The summed E-state index contributed by atoms with van der Waals surface area (Å²) in [6, 6.07) is 12.0. The molecule has 2 aromatic carbocycles. The second kappa shape index (κ2) is 8.22. The quantitative estimate of drug-likeness (QED) is 0.816. The summed E-state index contributed by atoms with van der Waals surface area (Å²) >= 11 is 3.31. The molecule has 124 valence electrons. The van der Waals surface area contributed by atoms with Crippen LogP contribution in [0, 0.1) is 11.3 Å². The summed E-state index contributed by atoms with van der Waals surface area (Å²) in [6.45, 7) is 0.273. The van der Waals surface area contributed by atoms with E-state index < -0.39 is 6.03 Å². The number of nitrogens with one attached hydrogen (secondary N) is 2. The van der Waals surface area contributed by atoms with Gasteiger partial charge in [-0.25, -0.2) is 4.79 Å². The van der Waals surface area contributed by atoms with Crippen molar-refractivity contribution in [3.05, 3.63) is 52.0 Å². The van der Waals surface area contributed by atoms with Crippen molar-refractivity contribution >= 4 is 27.6 Å². The fraction of sp³-hybridized carbons (Fsp3) is 0.176. The molecule has 0 bridgehead atoms. The number of hydrogen-bond acceptors (Lipinski definition) is 4. The fourth-order valence-corrected chi connectivity index (χ4v) is 2.42. The molecule has 0 unspecified atom stereocenters. The predicted molar refractivity (Wildman–Crippen MR) is 94.3 cm³/mol. The van der Waals surface area contributed by atoms with Crippen molar-refractivity contribution in [3.8, 4) is 17.6 Å². The molecule has 0 saturated carbocycles. The number of nitriles is 1. The zero-order chi connectivity index (χ0) is 17.5. The van der Waals surface area contributed by atoms with E-state index in [0.29, 0.717) is 22.7 Å². The van der Waals surface area contributed by atoms with Crippen LogP contribution in [0.4, 0.5) is 10.5 Å². The summed E-state index contributed by atoms with van der Waals surface area (Å²) in [6.07, 6.45) is 0. The Hall–Kier alpha value is -2.72. The van der Waals surface area contributed by atoms with Gasteiger partial charge in [0.15, 0.2) is 0 Å². The molecule has 6 nitrogen and oxygen atoms in total. The monoisotopic (exact) mass is 389 g/mol. The number of halogens is 1. The predicted octanol–water partition coefficient (Wildman–Crippen LogP) is 3.66. The Morgan fingerprint density at radius 3 is 2.67 bits per heavy atom. The molecule has 0 saturated heterocycles. The lowest BCUT2D eigenvalue weighted by Crippen LogP contribution is -2.28. The van der Waals surface area contributed by atoms with Crippen LogP contribution in [0.15, 0.2) is 40.9 Å². The highest BCUT2D eigenvalue weighted by molar-refractivity contribution is 9.10. The Balaban J connectivity index is 2.04. The second-order valence-corrected chi connectivity index (χ2v) is 5.70. The number of hydrogen-bond donors (Lipinski definition) is 2. The number of carbonyl (C=O) groups is 1. The number of rotatable bonds is 5. The Bertz CT molecular complexity index is 787. The average molecular weight is 390 g/mol. The number of anilines is 1. The molecular weight excluding hydrogens is 374 g/mol. The highest BCUT2D eigenvalue weighted by Gasteiger charge is 2.09. The van der Waals surface area contributed by atoms with Gasteiger partial charge < -0.3 is 20.1 Å². The maximum absolute atomic E-state index is 12.1. The molecule has 0 aliphatic rings. The van der Waals surface area contributed by atoms with Crippen molar-refractivity contribution in [3.63, 3.8) is 0 Å². The first-order chi connectivity index (χ1) is 11.6. The molecule has 2 aromatic rings. The normalized spacial score (nSPS) is 9.75. The van der Waals surface area contributed by atoms with Crippen LogP contribution in [-0.4, -0.2) is 20.3 Å². The highest BCUT2D eigenvalue weighted by atomic mass is 79.9. The third kappa shape index (κ3) is 4.40. The van der Waals surface area contributed by atoms with Gasteiger partial charge in [0.25, 0.3) is 0 Å². The zero-order valence-electron chi connectivity index (χ0n) is 13.2. The van der Waals surface area contributed by atoms with E-state index in [9.17, 15) is 4.79 Å². The first kappa shape index (κ1) is 17.6. The molecular formula is C17H16BrN3O3. The van der Waals surface area contributed by atoms with Crippen molar-refractivity contribution in [1.29, 1.82) is 5.26 Å². The minimum absolute atomic E-state index is 0.273. The first-order valence-corrected chi connectivity index (χ1v) is 7.82. The summed E-state index contributed by atoms with van der Waals surface area (Å²) in [5, 5.41) is 14.5.